The van der Waals surface area contributed by atoms with Crippen molar-refractivity contribution in [2.45, 2.75) is 57.9 Å². The Kier molecular flexibility index (Phi) is 7.34. The predicted molar refractivity (Wildman–Crippen MR) is 127 cm³/mol. The Morgan fingerprint density at radius 1 is 1.21 bits per heavy atom. The van der Waals surface area contributed by atoms with Crippen LogP contribution in [-0.2, 0) is 32.5 Å². The van der Waals surface area contributed by atoms with Crippen LogP contribution in [0.2, 0.25) is 0 Å². The molecule has 3 aromatic rings. The zero-order valence-electron chi connectivity index (χ0n) is 19.8. The van der Waals surface area contributed by atoms with Gasteiger partial charge in [-0.2, -0.15) is 4.31 Å². The molecular formula is C23H31N5O5S. The highest BCUT2D eigenvalue weighted by atomic mass is 32.2. The van der Waals surface area contributed by atoms with Crippen molar-refractivity contribution >= 4 is 32.7 Å². The number of hydrogen-bond donors (Lipinski definition) is 1. The lowest BCUT2D eigenvalue weighted by atomic mass is 10.2. The minimum absolute atomic E-state index is 0.154. The molecule has 0 aliphatic carbocycles. The highest BCUT2D eigenvalue weighted by Gasteiger charge is 2.27. The molecule has 0 spiro atoms. The molecule has 1 saturated heterocycles. The number of ether oxygens (including phenoxy) is 1. The smallest absolute Gasteiger partial charge is 0.243 e. The average Bonchev–Trinajstić information content (AvgIpc) is 3.35. The zero-order valence-corrected chi connectivity index (χ0v) is 20.7. The van der Waals surface area contributed by atoms with E-state index in [4.69, 9.17) is 14.2 Å². The maximum Gasteiger partial charge on any atom is 0.243 e. The largest absolute Gasteiger partial charge is 0.379 e. The molecule has 0 bridgehead atoms. The number of carbonyl (C=O) groups excluding carboxylic acids is 1. The van der Waals surface area contributed by atoms with Crippen LogP contribution in [0.3, 0.4) is 0 Å². The van der Waals surface area contributed by atoms with Gasteiger partial charge in [0.05, 0.1) is 29.1 Å². The summed E-state index contributed by atoms with van der Waals surface area (Å²) in [7, 11) is -3.61. The lowest BCUT2D eigenvalue weighted by Crippen LogP contribution is -2.40. The Labute approximate surface area is 199 Å². The first kappa shape index (κ1) is 24.4. The van der Waals surface area contributed by atoms with Gasteiger partial charge in [0.2, 0.25) is 15.9 Å². The Balaban J connectivity index is 1.57. The van der Waals surface area contributed by atoms with Crippen LogP contribution in [0.25, 0.3) is 11.0 Å². The van der Waals surface area contributed by atoms with Crippen LogP contribution < -0.4 is 5.32 Å². The van der Waals surface area contributed by atoms with Crippen molar-refractivity contribution in [3.63, 3.8) is 0 Å². The molecule has 11 heteroatoms. The number of benzene rings is 1. The van der Waals surface area contributed by atoms with E-state index >= 15 is 0 Å². The number of carbonyl (C=O) groups is 1. The number of amides is 1. The van der Waals surface area contributed by atoms with E-state index in [1.54, 1.807) is 26.0 Å². The van der Waals surface area contributed by atoms with Crippen LogP contribution in [-0.4, -0.2) is 59.6 Å². The summed E-state index contributed by atoms with van der Waals surface area (Å²) in [6.07, 6.45) is 2.63. The summed E-state index contributed by atoms with van der Waals surface area (Å²) in [6.45, 7) is 7.88. The van der Waals surface area contributed by atoms with E-state index < -0.39 is 10.0 Å². The lowest BCUT2D eigenvalue weighted by Gasteiger charge is -2.26. The molecule has 10 nitrogen and oxygen atoms in total. The average molecular weight is 490 g/mol. The quantitative estimate of drug-likeness (QED) is 0.491. The summed E-state index contributed by atoms with van der Waals surface area (Å²) < 4.78 is 40.1. The maximum atomic E-state index is 13.1. The summed E-state index contributed by atoms with van der Waals surface area (Å²) in [5, 5.41) is 6.72. The third-order valence-corrected chi connectivity index (χ3v) is 7.91. The topological polar surface area (TPSA) is 120 Å². The highest BCUT2D eigenvalue weighted by Crippen LogP contribution is 2.25. The lowest BCUT2D eigenvalue weighted by molar-refractivity contribution is -0.116. The first-order chi connectivity index (χ1) is 16.3. The van der Waals surface area contributed by atoms with Gasteiger partial charge < -0.3 is 19.1 Å². The maximum absolute atomic E-state index is 13.1. The minimum Gasteiger partial charge on any atom is -0.379 e. The van der Waals surface area contributed by atoms with E-state index in [2.05, 4.69) is 22.0 Å². The zero-order chi connectivity index (χ0) is 24.3. The number of morpholine rings is 1. The van der Waals surface area contributed by atoms with Crippen molar-refractivity contribution in [1.82, 2.24) is 19.0 Å². The summed E-state index contributed by atoms with van der Waals surface area (Å²) in [5.74, 6) is 1.17. The van der Waals surface area contributed by atoms with Crippen molar-refractivity contribution in [3.8, 4) is 0 Å². The Hall–Kier alpha value is -2.76. The second kappa shape index (κ2) is 10.2. The number of aromatic nitrogens is 3. The molecule has 34 heavy (non-hydrogen) atoms. The van der Waals surface area contributed by atoms with Gasteiger partial charge in [-0.05, 0) is 38.5 Å². The molecule has 2 aromatic heterocycles. The van der Waals surface area contributed by atoms with E-state index in [0.29, 0.717) is 55.4 Å². The number of anilines is 1. The van der Waals surface area contributed by atoms with Crippen molar-refractivity contribution in [1.29, 1.82) is 0 Å². The molecule has 0 saturated carbocycles. The Morgan fingerprint density at radius 3 is 2.65 bits per heavy atom. The van der Waals surface area contributed by atoms with Gasteiger partial charge >= 0.3 is 0 Å². The van der Waals surface area contributed by atoms with Crippen molar-refractivity contribution < 1.29 is 22.5 Å². The molecule has 1 aliphatic rings. The molecule has 0 radical (unpaired) electrons. The normalized spacial score (nSPS) is 15.1. The number of rotatable bonds is 9. The minimum atomic E-state index is -3.61. The predicted octanol–water partition coefficient (Wildman–Crippen LogP) is 3.03. The first-order valence-electron chi connectivity index (χ1n) is 11.6. The Morgan fingerprint density at radius 2 is 1.97 bits per heavy atom. The number of imidazole rings is 1. The number of fused-ring (bicyclic) bond motifs is 1. The molecule has 0 unspecified atom stereocenters. The molecule has 4 rings (SSSR count). The number of sulfonamides is 1. The van der Waals surface area contributed by atoms with Crippen LogP contribution in [0.15, 0.2) is 27.6 Å². The fourth-order valence-corrected chi connectivity index (χ4v) is 5.53. The fourth-order valence-electron chi connectivity index (χ4n) is 4.10. The van der Waals surface area contributed by atoms with Crippen molar-refractivity contribution in [2.75, 3.05) is 31.6 Å². The van der Waals surface area contributed by atoms with Gasteiger partial charge in [-0.1, -0.05) is 18.5 Å². The van der Waals surface area contributed by atoms with Gasteiger partial charge in [-0.3, -0.25) is 4.79 Å². The summed E-state index contributed by atoms with van der Waals surface area (Å²) in [5.41, 5.74) is 2.72. The van der Waals surface area contributed by atoms with Gasteiger partial charge in [0.15, 0.2) is 5.76 Å². The van der Waals surface area contributed by atoms with E-state index in [1.165, 1.54) is 4.31 Å². The van der Waals surface area contributed by atoms with Crippen LogP contribution >= 0.6 is 0 Å². The molecular weight excluding hydrogens is 458 g/mol. The Bertz CT molecular complexity index is 1250. The first-order valence-corrected chi connectivity index (χ1v) is 13.0. The molecule has 3 heterocycles. The molecule has 184 valence electrons. The van der Waals surface area contributed by atoms with Crippen LogP contribution in [0.4, 0.5) is 5.69 Å². The van der Waals surface area contributed by atoms with Gasteiger partial charge in [0.1, 0.15) is 17.2 Å². The van der Waals surface area contributed by atoms with Gasteiger partial charge in [-0.25, -0.2) is 13.4 Å². The molecule has 1 aromatic carbocycles. The van der Waals surface area contributed by atoms with E-state index in [0.717, 1.165) is 30.7 Å². The monoisotopic (exact) mass is 489 g/mol. The SMILES string of the molecule is CCCCn1c(CCC(=O)Nc2c(C)noc2C)nc2cc(S(=O)(=O)N3CCOCC3)ccc21. The number of hydrogen-bond acceptors (Lipinski definition) is 7. The van der Waals surface area contributed by atoms with Gasteiger partial charge in [-0.15, -0.1) is 0 Å². The molecule has 0 atom stereocenters. The molecule has 1 aliphatic heterocycles. The third-order valence-electron chi connectivity index (χ3n) is 6.02. The number of nitrogens with zero attached hydrogens (tertiary/aromatic N) is 4. The second-order valence-electron chi connectivity index (χ2n) is 8.45. The van der Waals surface area contributed by atoms with Crippen LogP contribution in [0, 0.1) is 13.8 Å². The summed E-state index contributed by atoms with van der Waals surface area (Å²) >= 11 is 0. The summed E-state index contributed by atoms with van der Waals surface area (Å²) in [4.78, 5) is 17.5. The number of unbranched alkanes of at least 4 members (excludes halogenated alkanes) is 1. The molecule has 1 N–H and O–H groups in total. The summed E-state index contributed by atoms with van der Waals surface area (Å²) in [6, 6.07) is 5.10. The van der Waals surface area contributed by atoms with Crippen LogP contribution in [0.5, 0.6) is 0 Å². The second-order valence-corrected chi connectivity index (χ2v) is 10.4. The number of nitrogens with one attached hydrogen (secondary N) is 1. The third kappa shape index (κ3) is 5.01. The van der Waals surface area contributed by atoms with E-state index in [1.807, 2.05) is 6.07 Å². The molecule has 1 amide bonds. The van der Waals surface area contributed by atoms with Crippen molar-refractivity contribution in [3.05, 3.63) is 35.5 Å². The highest BCUT2D eigenvalue weighted by molar-refractivity contribution is 7.89. The standard InChI is InChI=1S/C23H31N5O5S/c1-4-5-10-28-20-7-6-18(34(30,31)27-11-13-32-14-12-27)15-19(20)24-21(28)8-9-22(29)25-23-16(2)26-33-17(23)3/h6-7,15H,4-5,8-14H2,1-3H3,(H,25,29). The van der Waals surface area contributed by atoms with Crippen LogP contribution in [0.1, 0.15) is 43.5 Å². The van der Waals surface area contributed by atoms with Gasteiger partial charge in [0.25, 0.3) is 0 Å². The van der Waals surface area contributed by atoms with Crippen molar-refractivity contribution in [2.24, 2.45) is 0 Å². The van der Waals surface area contributed by atoms with Gasteiger partial charge in [0, 0.05) is 32.5 Å². The molecule has 1 fully saturated rings. The van der Waals surface area contributed by atoms with E-state index in [9.17, 15) is 13.2 Å². The number of aryl methyl sites for hydroxylation is 4. The fraction of sp³-hybridized carbons (Fsp3) is 0.522. The van der Waals surface area contributed by atoms with E-state index in [-0.39, 0.29) is 17.2 Å².